The second kappa shape index (κ2) is 9.18. The summed E-state index contributed by atoms with van der Waals surface area (Å²) in [5, 5.41) is 3.27. The number of aromatic nitrogens is 3. The smallest absolute Gasteiger partial charge is 0.263 e. The number of nitrogens with one attached hydrogen (secondary N) is 1. The molecule has 0 aromatic carbocycles. The van der Waals surface area contributed by atoms with E-state index in [1.807, 2.05) is 6.26 Å². The maximum Gasteiger partial charge on any atom is 0.263 e. The van der Waals surface area contributed by atoms with E-state index in [0.717, 1.165) is 5.75 Å². The number of thioether (sulfide) groups is 1. The summed E-state index contributed by atoms with van der Waals surface area (Å²) in [7, 11) is 0. The molecule has 3 heterocycles. The van der Waals surface area contributed by atoms with Gasteiger partial charge in [-0.3, -0.25) is 19.0 Å². The molecule has 8 nitrogen and oxygen atoms in total. The van der Waals surface area contributed by atoms with Crippen molar-refractivity contribution in [2.24, 2.45) is 0 Å². The van der Waals surface area contributed by atoms with Gasteiger partial charge in [-0.1, -0.05) is 0 Å². The molecule has 1 atom stereocenters. The molecule has 0 aliphatic carbocycles. The number of hydrogen-bond donors (Lipinski definition) is 1. The summed E-state index contributed by atoms with van der Waals surface area (Å²) in [6.07, 6.45) is 7.11. The summed E-state index contributed by atoms with van der Waals surface area (Å²) in [4.78, 5) is 47.2. The lowest BCUT2D eigenvalue weighted by atomic mass is 10.0. The van der Waals surface area contributed by atoms with Crippen molar-refractivity contribution in [2.75, 3.05) is 25.1 Å². The van der Waals surface area contributed by atoms with Gasteiger partial charge >= 0.3 is 0 Å². The van der Waals surface area contributed by atoms with Crippen LogP contribution in [0.15, 0.2) is 29.5 Å². The molecule has 2 amide bonds. The van der Waals surface area contributed by atoms with Crippen LogP contribution in [0.1, 0.15) is 32.2 Å². The third kappa shape index (κ3) is 4.52. The first kappa shape index (κ1) is 20.3. The van der Waals surface area contributed by atoms with Crippen molar-refractivity contribution < 1.29 is 9.59 Å². The molecule has 1 saturated heterocycles. The first-order chi connectivity index (χ1) is 13.5. The number of carbonyl (C=O) groups excluding carboxylic acids is 2. The lowest BCUT2D eigenvalue weighted by Gasteiger charge is -2.35. The largest absolute Gasteiger partial charge is 0.345 e. The van der Waals surface area contributed by atoms with Crippen LogP contribution in [0, 0.1) is 0 Å². The van der Waals surface area contributed by atoms with E-state index < -0.39 is 6.04 Å². The van der Waals surface area contributed by atoms with Crippen molar-refractivity contribution in [3.8, 4) is 0 Å². The van der Waals surface area contributed by atoms with Gasteiger partial charge < -0.3 is 10.2 Å². The number of amides is 2. The van der Waals surface area contributed by atoms with Gasteiger partial charge in [0.15, 0.2) is 5.65 Å². The van der Waals surface area contributed by atoms with Crippen LogP contribution in [0.3, 0.4) is 0 Å². The zero-order valence-corrected chi connectivity index (χ0v) is 16.9. The lowest BCUT2D eigenvalue weighted by Crippen LogP contribution is -2.51. The highest BCUT2D eigenvalue weighted by Gasteiger charge is 2.29. The maximum atomic E-state index is 12.8. The summed E-state index contributed by atoms with van der Waals surface area (Å²) in [5.74, 6) is 0.562. The quantitative estimate of drug-likeness (QED) is 0.779. The Balaban J connectivity index is 1.68. The normalized spacial score (nSPS) is 16.1. The number of likely N-dealkylation sites (tertiary alicyclic amines) is 1. The van der Waals surface area contributed by atoms with Gasteiger partial charge in [0, 0.05) is 32.3 Å². The van der Waals surface area contributed by atoms with Gasteiger partial charge in [0.05, 0.1) is 5.39 Å². The SMILES string of the molecule is CSCC[C@@H](NC(C)=O)C(=O)N1CCC(n2cnc3ncccc3c2=O)CC1. The molecule has 0 spiro atoms. The minimum absolute atomic E-state index is 0.000861. The third-order valence-corrected chi connectivity index (χ3v) is 5.66. The highest BCUT2D eigenvalue weighted by molar-refractivity contribution is 7.98. The molecule has 1 fully saturated rings. The molecule has 1 aliphatic heterocycles. The van der Waals surface area contributed by atoms with Crippen molar-refractivity contribution in [1.29, 1.82) is 0 Å². The molecule has 150 valence electrons. The predicted octanol–water partition coefficient (Wildman–Crippen LogP) is 1.21. The van der Waals surface area contributed by atoms with Crippen LogP contribution in [0.2, 0.25) is 0 Å². The average Bonchev–Trinajstić information content (AvgIpc) is 2.71. The molecular formula is C19H25N5O3S. The van der Waals surface area contributed by atoms with Crippen LogP contribution >= 0.6 is 11.8 Å². The number of piperidine rings is 1. The van der Waals surface area contributed by atoms with Crippen LogP contribution in [0.25, 0.3) is 11.0 Å². The van der Waals surface area contributed by atoms with Gasteiger partial charge in [-0.15, -0.1) is 0 Å². The zero-order chi connectivity index (χ0) is 20.1. The molecule has 1 aliphatic rings. The Morgan fingerprint density at radius 1 is 1.32 bits per heavy atom. The lowest BCUT2D eigenvalue weighted by molar-refractivity contribution is -0.137. The van der Waals surface area contributed by atoms with Gasteiger partial charge in [0.2, 0.25) is 11.8 Å². The molecule has 0 unspecified atom stereocenters. The first-order valence-corrected chi connectivity index (χ1v) is 10.8. The summed E-state index contributed by atoms with van der Waals surface area (Å²) in [6, 6.07) is 2.97. The Morgan fingerprint density at radius 2 is 2.07 bits per heavy atom. The minimum Gasteiger partial charge on any atom is -0.345 e. The summed E-state index contributed by atoms with van der Waals surface area (Å²) in [5.41, 5.74) is 0.349. The topological polar surface area (TPSA) is 97.2 Å². The average molecular weight is 404 g/mol. The molecule has 3 rings (SSSR count). The van der Waals surface area contributed by atoms with E-state index in [-0.39, 0.29) is 23.4 Å². The number of hydrogen-bond acceptors (Lipinski definition) is 6. The van der Waals surface area contributed by atoms with Gasteiger partial charge in [0.25, 0.3) is 5.56 Å². The molecule has 0 bridgehead atoms. The fourth-order valence-corrected chi connectivity index (χ4v) is 4.03. The van der Waals surface area contributed by atoms with Gasteiger partial charge in [-0.05, 0) is 43.4 Å². The van der Waals surface area contributed by atoms with Crippen molar-refractivity contribution in [1.82, 2.24) is 24.8 Å². The number of fused-ring (bicyclic) bond motifs is 1. The molecule has 28 heavy (non-hydrogen) atoms. The molecule has 0 radical (unpaired) electrons. The number of rotatable bonds is 6. The minimum atomic E-state index is -0.488. The van der Waals surface area contributed by atoms with Gasteiger partial charge in [0.1, 0.15) is 12.4 Å². The Labute approximate surface area is 167 Å². The Morgan fingerprint density at radius 3 is 2.75 bits per heavy atom. The standard InChI is InChI=1S/C19H25N5O3S/c1-13(25)22-16(7-11-28-2)19(27)23-9-5-14(6-10-23)24-12-21-17-15(18(24)26)4-3-8-20-17/h3-4,8,12,14,16H,5-7,9-11H2,1-2H3,(H,22,25)/t16-/m1/s1. The van der Waals surface area contributed by atoms with Gasteiger partial charge in [-0.25, -0.2) is 9.97 Å². The summed E-state index contributed by atoms with van der Waals surface area (Å²) in [6.45, 7) is 2.53. The summed E-state index contributed by atoms with van der Waals surface area (Å²) >= 11 is 1.65. The fourth-order valence-electron chi connectivity index (χ4n) is 3.56. The van der Waals surface area contributed by atoms with Crippen LogP contribution in [-0.4, -0.2) is 62.4 Å². The Bertz CT molecular complexity index is 908. The molecule has 9 heteroatoms. The molecule has 2 aromatic rings. The highest BCUT2D eigenvalue weighted by atomic mass is 32.2. The highest BCUT2D eigenvalue weighted by Crippen LogP contribution is 2.22. The van der Waals surface area contributed by atoms with E-state index in [9.17, 15) is 14.4 Å². The second-order valence-corrected chi connectivity index (χ2v) is 7.91. The van der Waals surface area contributed by atoms with Crippen molar-refractivity contribution >= 4 is 34.6 Å². The number of pyridine rings is 1. The van der Waals surface area contributed by atoms with Crippen LogP contribution in [0.4, 0.5) is 0 Å². The van der Waals surface area contributed by atoms with Crippen LogP contribution < -0.4 is 10.9 Å². The Hall–Kier alpha value is -2.42. The first-order valence-electron chi connectivity index (χ1n) is 9.38. The van der Waals surface area contributed by atoms with Crippen molar-refractivity contribution in [3.05, 3.63) is 35.0 Å². The second-order valence-electron chi connectivity index (χ2n) is 6.92. The van der Waals surface area contributed by atoms with E-state index in [4.69, 9.17) is 0 Å². The Kier molecular flexibility index (Phi) is 6.66. The predicted molar refractivity (Wildman–Crippen MR) is 109 cm³/mol. The molecule has 0 saturated carbocycles. The molecular weight excluding hydrogens is 378 g/mol. The van der Waals surface area contributed by atoms with Crippen LogP contribution in [0.5, 0.6) is 0 Å². The van der Waals surface area contributed by atoms with Crippen molar-refractivity contribution in [2.45, 2.75) is 38.3 Å². The molecule has 1 N–H and O–H groups in total. The monoisotopic (exact) mass is 403 g/mol. The zero-order valence-electron chi connectivity index (χ0n) is 16.1. The summed E-state index contributed by atoms with van der Waals surface area (Å²) < 4.78 is 1.66. The van der Waals surface area contributed by atoms with E-state index >= 15 is 0 Å². The van der Waals surface area contributed by atoms with E-state index in [1.54, 1.807) is 45.9 Å². The third-order valence-electron chi connectivity index (χ3n) is 5.01. The molecule has 2 aromatic heterocycles. The van der Waals surface area contributed by atoms with Crippen LogP contribution in [-0.2, 0) is 9.59 Å². The fraction of sp³-hybridized carbons (Fsp3) is 0.526. The number of carbonyl (C=O) groups is 2. The number of nitrogens with zero attached hydrogens (tertiary/aromatic N) is 4. The van der Waals surface area contributed by atoms with E-state index in [0.29, 0.717) is 43.4 Å². The van der Waals surface area contributed by atoms with E-state index in [1.165, 1.54) is 6.92 Å². The maximum absolute atomic E-state index is 12.8. The van der Waals surface area contributed by atoms with Gasteiger partial charge in [-0.2, -0.15) is 11.8 Å². The van der Waals surface area contributed by atoms with Crippen molar-refractivity contribution in [3.63, 3.8) is 0 Å². The van der Waals surface area contributed by atoms with E-state index in [2.05, 4.69) is 15.3 Å².